The van der Waals surface area contributed by atoms with Gasteiger partial charge in [-0.1, -0.05) is 24.1 Å². The molecule has 2 fully saturated rings. The molecule has 0 amide bonds. The molecular formula is C16H24N2O. The van der Waals surface area contributed by atoms with Crippen LogP contribution in [0.2, 0.25) is 0 Å². The van der Waals surface area contributed by atoms with Crippen molar-refractivity contribution < 1.29 is 5.11 Å². The first-order valence-electron chi connectivity index (χ1n) is 7.50. The Labute approximate surface area is 115 Å². The van der Waals surface area contributed by atoms with Gasteiger partial charge in [0.2, 0.25) is 0 Å². The van der Waals surface area contributed by atoms with Gasteiger partial charge in [0.1, 0.15) is 5.75 Å². The number of fused-ring (bicyclic) bond motifs is 1. The van der Waals surface area contributed by atoms with Crippen molar-refractivity contribution in [3.8, 4) is 5.75 Å². The molecule has 2 saturated heterocycles. The van der Waals surface area contributed by atoms with Crippen LogP contribution in [0.15, 0.2) is 18.2 Å². The van der Waals surface area contributed by atoms with Crippen LogP contribution in [0.3, 0.4) is 0 Å². The quantitative estimate of drug-likeness (QED) is 0.876. The molecule has 2 heterocycles. The third kappa shape index (κ3) is 2.77. The number of hydrogen-bond donors (Lipinski definition) is 2. The summed E-state index contributed by atoms with van der Waals surface area (Å²) < 4.78 is 0. The predicted molar refractivity (Wildman–Crippen MR) is 77.3 cm³/mol. The molecule has 0 saturated carbocycles. The molecule has 3 nitrogen and oxygen atoms in total. The van der Waals surface area contributed by atoms with Crippen LogP contribution < -0.4 is 5.32 Å². The molecule has 0 aromatic heterocycles. The molecule has 2 unspecified atom stereocenters. The van der Waals surface area contributed by atoms with Crippen LogP contribution in [0.25, 0.3) is 0 Å². The number of phenols is 1. The summed E-state index contributed by atoms with van der Waals surface area (Å²) in [5, 5.41) is 13.6. The van der Waals surface area contributed by atoms with Gasteiger partial charge in [0.05, 0.1) is 0 Å². The summed E-state index contributed by atoms with van der Waals surface area (Å²) in [5.74, 6) is 0.414. The van der Waals surface area contributed by atoms with Crippen LogP contribution in [0, 0.1) is 6.92 Å². The molecule has 2 atom stereocenters. The molecule has 0 radical (unpaired) electrons. The van der Waals surface area contributed by atoms with Crippen LogP contribution in [-0.4, -0.2) is 35.2 Å². The Kier molecular flexibility index (Phi) is 3.76. The Morgan fingerprint density at radius 1 is 1.26 bits per heavy atom. The van der Waals surface area contributed by atoms with Gasteiger partial charge in [0.15, 0.2) is 0 Å². The number of aromatic hydroxyl groups is 1. The molecule has 2 aliphatic heterocycles. The van der Waals surface area contributed by atoms with Crippen molar-refractivity contribution in [2.75, 3.05) is 13.1 Å². The maximum Gasteiger partial charge on any atom is 0.120 e. The fraction of sp³-hybridized carbons (Fsp3) is 0.625. The van der Waals surface area contributed by atoms with Gasteiger partial charge in [0.25, 0.3) is 0 Å². The largest absolute Gasteiger partial charge is 0.508 e. The highest BCUT2D eigenvalue weighted by Crippen LogP contribution is 2.27. The van der Waals surface area contributed by atoms with Crippen molar-refractivity contribution in [2.45, 2.75) is 51.2 Å². The molecule has 0 aliphatic carbocycles. The first-order valence-corrected chi connectivity index (χ1v) is 7.50. The van der Waals surface area contributed by atoms with Gasteiger partial charge in [-0.15, -0.1) is 0 Å². The molecule has 3 heteroatoms. The first-order chi connectivity index (χ1) is 9.24. The Morgan fingerprint density at radius 2 is 2.16 bits per heavy atom. The molecule has 0 bridgehead atoms. The molecule has 1 aromatic carbocycles. The third-order valence-electron chi connectivity index (χ3n) is 4.65. The topological polar surface area (TPSA) is 35.5 Å². The highest BCUT2D eigenvalue weighted by atomic mass is 16.3. The average Bonchev–Trinajstić information content (AvgIpc) is 2.83. The second kappa shape index (κ2) is 5.51. The smallest absolute Gasteiger partial charge is 0.120 e. The standard InChI is InChI=1S/C16H24N2O/c1-12-5-6-16(19)13(10-12)11-17-14-7-9-18-8-3-2-4-15(14)18/h5-6,10,14-15,17,19H,2-4,7-9,11H2,1H3. The summed E-state index contributed by atoms with van der Waals surface area (Å²) in [4.78, 5) is 2.64. The summed E-state index contributed by atoms with van der Waals surface area (Å²) >= 11 is 0. The van der Waals surface area contributed by atoms with Gasteiger partial charge in [-0.2, -0.15) is 0 Å². The Hall–Kier alpha value is -1.06. The van der Waals surface area contributed by atoms with Gasteiger partial charge < -0.3 is 10.4 Å². The number of nitrogens with one attached hydrogen (secondary N) is 1. The highest BCUT2D eigenvalue weighted by molar-refractivity contribution is 5.35. The van der Waals surface area contributed by atoms with Gasteiger partial charge in [-0.05, 0) is 38.8 Å². The van der Waals surface area contributed by atoms with E-state index in [0.717, 1.165) is 18.2 Å². The maximum atomic E-state index is 9.89. The second-order valence-corrected chi connectivity index (χ2v) is 6.01. The number of nitrogens with zero attached hydrogens (tertiary/aromatic N) is 1. The van der Waals surface area contributed by atoms with E-state index in [1.807, 2.05) is 6.07 Å². The number of aryl methyl sites for hydroxylation is 1. The molecular weight excluding hydrogens is 236 g/mol. The van der Waals surface area contributed by atoms with Crippen molar-refractivity contribution >= 4 is 0 Å². The van der Waals surface area contributed by atoms with Crippen molar-refractivity contribution in [2.24, 2.45) is 0 Å². The van der Waals surface area contributed by atoms with E-state index in [0.29, 0.717) is 11.8 Å². The lowest BCUT2D eigenvalue weighted by Crippen LogP contribution is -2.44. The van der Waals surface area contributed by atoms with E-state index < -0.39 is 0 Å². The van der Waals surface area contributed by atoms with Gasteiger partial charge in [0, 0.05) is 30.7 Å². The van der Waals surface area contributed by atoms with E-state index in [4.69, 9.17) is 0 Å². The van der Waals surface area contributed by atoms with Gasteiger partial charge in [-0.3, -0.25) is 4.90 Å². The summed E-state index contributed by atoms with van der Waals surface area (Å²) in [6, 6.07) is 7.15. The van der Waals surface area contributed by atoms with Gasteiger partial charge >= 0.3 is 0 Å². The summed E-state index contributed by atoms with van der Waals surface area (Å²) in [7, 11) is 0. The highest BCUT2D eigenvalue weighted by Gasteiger charge is 2.34. The van der Waals surface area contributed by atoms with Crippen molar-refractivity contribution in [3.05, 3.63) is 29.3 Å². The van der Waals surface area contributed by atoms with Crippen LogP contribution in [0.5, 0.6) is 5.75 Å². The van der Waals surface area contributed by atoms with Crippen molar-refractivity contribution in [3.63, 3.8) is 0 Å². The van der Waals surface area contributed by atoms with E-state index in [9.17, 15) is 5.11 Å². The summed E-state index contributed by atoms with van der Waals surface area (Å²) in [6.07, 6.45) is 5.31. The Morgan fingerprint density at radius 3 is 3.05 bits per heavy atom. The SMILES string of the molecule is Cc1ccc(O)c(CNC2CCN3CCCCC23)c1. The summed E-state index contributed by atoms with van der Waals surface area (Å²) in [5.41, 5.74) is 2.23. The lowest BCUT2D eigenvalue weighted by molar-refractivity contribution is 0.180. The molecule has 0 spiro atoms. The molecule has 104 valence electrons. The number of benzene rings is 1. The minimum Gasteiger partial charge on any atom is -0.508 e. The van der Waals surface area contributed by atoms with E-state index in [-0.39, 0.29) is 0 Å². The predicted octanol–water partition coefficient (Wildman–Crippen LogP) is 2.42. The Bertz CT molecular complexity index is 446. The molecule has 2 aliphatic rings. The van der Waals surface area contributed by atoms with Crippen molar-refractivity contribution in [1.29, 1.82) is 0 Å². The normalized spacial score (nSPS) is 27.4. The first kappa shape index (κ1) is 12.9. The fourth-order valence-electron chi connectivity index (χ4n) is 3.58. The Balaban J connectivity index is 1.61. The number of phenolic OH excluding ortho intramolecular Hbond substituents is 1. The summed E-state index contributed by atoms with van der Waals surface area (Å²) in [6.45, 7) is 5.37. The van der Waals surface area contributed by atoms with Crippen LogP contribution in [0.4, 0.5) is 0 Å². The third-order valence-corrected chi connectivity index (χ3v) is 4.65. The lowest BCUT2D eigenvalue weighted by atomic mass is 9.99. The molecule has 1 aromatic rings. The van der Waals surface area contributed by atoms with E-state index in [1.165, 1.54) is 44.3 Å². The van der Waals surface area contributed by atoms with Crippen LogP contribution in [-0.2, 0) is 6.54 Å². The van der Waals surface area contributed by atoms with E-state index in [2.05, 4.69) is 23.2 Å². The van der Waals surface area contributed by atoms with Crippen molar-refractivity contribution in [1.82, 2.24) is 10.2 Å². The lowest BCUT2D eigenvalue weighted by Gasteiger charge is -2.32. The molecule has 2 N–H and O–H groups in total. The van der Waals surface area contributed by atoms with Crippen LogP contribution in [0.1, 0.15) is 36.8 Å². The number of piperidine rings is 1. The number of hydrogen-bond acceptors (Lipinski definition) is 3. The van der Waals surface area contributed by atoms with Crippen LogP contribution >= 0.6 is 0 Å². The fourth-order valence-corrected chi connectivity index (χ4v) is 3.58. The number of rotatable bonds is 3. The zero-order valence-electron chi connectivity index (χ0n) is 11.7. The zero-order valence-corrected chi connectivity index (χ0v) is 11.7. The van der Waals surface area contributed by atoms with E-state index in [1.54, 1.807) is 6.07 Å². The minimum atomic E-state index is 0.414. The molecule has 19 heavy (non-hydrogen) atoms. The second-order valence-electron chi connectivity index (χ2n) is 6.01. The van der Waals surface area contributed by atoms with Gasteiger partial charge in [-0.25, -0.2) is 0 Å². The monoisotopic (exact) mass is 260 g/mol. The zero-order chi connectivity index (χ0) is 13.2. The average molecular weight is 260 g/mol. The maximum absolute atomic E-state index is 9.89. The van der Waals surface area contributed by atoms with E-state index >= 15 is 0 Å². The minimum absolute atomic E-state index is 0.414. The molecule has 3 rings (SSSR count).